The van der Waals surface area contributed by atoms with E-state index >= 15 is 0 Å². The fourth-order valence-electron chi connectivity index (χ4n) is 2.68. The quantitative estimate of drug-likeness (QED) is 0.779. The van der Waals surface area contributed by atoms with Gasteiger partial charge in [0.2, 0.25) is 11.8 Å². The van der Waals surface area contributed by atoms with Crippen molar-refractivity contribution in [2.75, 3.05) is 26.7 Å². The van der Waals surface area contributed by atoms with Gasteiger partial charge in [-0.15, -0.1) is 0 Å². The van der Waals surface area contributed by atoms with E-state index in [4.69, 9.17) is 4.74 Å². The Bertz CT molecular complexity index is 679. The smallest absolute Gasteiger partial charge is 0.421 e. The molecule has 1 atom stereocenters. The zero-order valence-corrected chi connectivity index (χ0v) is 15.2. The van der Waals surface area contributed by atoms with Gasteiger partial charge in [-0.1, -0.05) is 0 Å². The van der Waals surface area contributed by atoms with E-state index in [-0.39, 0.29) is 6.42 Å². The fraction of sp³-hybridized carbons (Fsp3) is 0.647. The van der Waals surface area contributed by atoms with Crippen molar-refractivity contribution in [1.82, 2.24) is 15.2 Å². The predicted octanol–water partition coefficient (Wildman–Crippen LogP) is 2.96. The molecule has 1 aliphatic rings. The van der Waals surface area contributed by atoms with Crippen LogP contribution in [0.2, 0.25) is 0 Å². The molecule has 2 heterocycles. The summed E-state index contributed by atoms with van der Waals surface area (Å²) in [5.41, 5.74) is -2.40. The number of nitrogens with zero attached hydrogens (tertiary/aromatic N) is 2. The second-order valence-corrected chi connectivity index (χ2v) is 7.34. The van der Waals surface area contributed by atoms with Crippen LogP contribution in [0.1, 0.15) is 25.8 Å². The highest BCUT2D eigenvalue weighted by atomic mass is 19.4. The number of alkyl halides is 5. The average molecular weight is 395 g/mol. The van der Waals surface area contributed by atoms with Gasteiger partial charge in [-0.2, -0.15) is 13.2 Å². The van der Waals surface area contributed by atoms with Gasteiger partial charge in [0.25, 0.3) is 5.92 Å². The number of hydrogen-bond donors (Lipinski definition) is 1. The minimum atomic E-state index is -4.66. The van der Waals surface area contributed by atoms with Gasteiger partial charge in [0, 0.05) is 12.7 Å². The number of amides is 1. The summed E-state index contributed by atoms with van der Waals surface area (Å²) in [6.45, 7) is 2.30. The van der Waals surface area contributed by atoms with Crippen LogP contribution in [0.4, 0.5) is 22.0 Å². The molecule has 2 rings (SSSR count). The standard InChI is InChI=1S/C17H22F5N3O2/c1-15(2,10-27-13-11(17(20,21)22)5-4-7-23-13)14(26)24-12-6-8-25(3)9-16(12,18)19/h4-5,7,12H,6,8-10H2,1-3H3,(H,24,26). The number of aromatic nitrogens is 1. The van der Waals surface area contributed by atoms with Crippen LogP contribution >= 0.6 is 0 Å². The number of piperidine rings is 1. The third-order valence-corrected chi connectivity index (χ3v) is 4.36. The lowest BCUT2D eigenvalue weighted by atomic mass is 9.91. The van der Waals surface area contributed by atoms with Crippen molar-refractivity contribution in [2.24, 2.45) is 5.41 Å². The summed E-state index contributed by atoms with van der Waals surface area (Å²) in [5, 5.41) is 2.31. The van der Waals surface area contributed by atoms with Crippen molar-refractivity contribution in [3.05, 3.63) is 23.9 Å². The van der Waals surface area contributed by atoms with Gasteiger partial charge in [0.1, 0.15) is 12.2 Å². The maximum absolute atomic E-state index is 14.1. The lowest BCUT2D eigenvalue weighted by Crippen LogP contribution is -2.59. The van der Waals surface area contributed by atoms with Crippen molar-refractivity contribution in [3.8, 4) is 5.88 Å². The first-order valence-electron chi connectivity index (χ1n) is 8.35. The van der Waals surface area contributed by atoms with Crippen LogP contribution in [0.5, 0.6) is 5.88 Å². The van der Waals surface area contributed by atoms with Gasteiger partial charge in [-0.3, -0.25) is 4.79 Å². The zero-order chi connectivity index (χ0) is 20.5. The predicted molar refractivity (Wildman–Crippen MR) is 87.5 cm³/mol. The topological polar surface area (TPSA) is 54.5 Å². The molecular formula is C17H22F5N3O2. The molecule has 0 aliphatic carbocycles. The highest BCUT2D eigenvalue weighted by Gasteiger charge is 2.46. The minimum absolute atomic E-state index is 0.0740. The number of carbonyl (C=O) groups excluding carboxylic acids is 1. The molecule has 0 saturated carbocycles. The van der Waals surface area contributed by atoms with Crippen LogP contribution < -0.4 is 10.1 Å². The second kappa shape index (κ2) is 7.57. The lowest BCUT2D eigenvalue weighted by molar-refractivity contribution is -0.141. The van der Waals surface area contributed by atoms with Crippen molar-refractivity contribution >= 4 is 5.91 Å². The number of hydrogen-bond acceptors (Lipinski definition) is 4. The number of nitrogens with one attached hydrogen (secondary N) is 1. The lowest BCUT2D eigenvalue weighted by Gasteiger charge is -2.38. The molecule has 1 amide bonds. The summed E-state index contributed by atoms with van der Waals surface area (Å²) in [4.78, 5) is 17.4. The van der Waals surface area contributed by atoms with Crippen LogP contribution in [-0.2, 0) is 11.0 Å². The highest BCUT2D eigenvalue weighted by molar-refractivity contribution is 5.82. The van der Waals surface area contributed by atoms with Gasteiger partial charge in [0.05, 0.1) is 18.0 Å². The molecule has 10 heteroatoms. The van der Waals surface area contributed by atoms with Crippen LogP contribution in [0.25, 0.3) is 0 Å². The normalized spacial score (nSPS) is 21.0. The maximum atomic E-state index is 14.1. The van der Waals surface area contributed by atoms with E-state index < -0.39 is 54.1 Å². The molecule has 0 radical (unpaired) electrons. The Hall–Kier alpha value is -1.97. The Kier molecular flexibility index (Phi) is 5.98. The fourth-order valence-corrected chi connectivity index (χ4v) is 2.68. The molecule has 27 heavy (non-hydrogen) atoms. The maximum Gasteiger partial charge on any atom is 0.421 e. The molecule has 1 aliphatic heterocycles. The molecule has 1 N–H and O–H groups in total. The van der Waals surface area contributed by atoms with Crippen LogP contribution in [-0.4, -0.2) is 54.5 Å². The molecule has 0 spiro atoms. The van der Waals surface area contributed by atoms with Crippen LogP contribution in [0.15, 0.2) is 18.3 Å². The van der Waals surface area contributed by atoms with E-state index in [1.807, 2.05) is 0 Å². The molecular weight excluding hydrogens is 373 g/mol. The number of halogens is 5. The Morgan fingerprint density at radius 3 is 2.67 bits per heavy atom. The minimum Gasteiger partial charge on any atom is -0.476 e. The summed E-state index contributed by atoms with van der Waals surface area (Å²) >= 11 is 0. The molecule has 1 aromatic heterocycles. The largest absolute Gasteiger partial charge is 0.476 e. The SMILES string of the molecule is CN1CCC(NC(=O)C(C)(C)COc2ncccc2C(F)(F)F)C(F)(F)C1. The highest BCUT2D eigenvalue weighted by Crippen LogP contribution is 2.35. The molecule has 1 unspecified atom stereocenters. The molecule has 1 saturated heterocycles. The number of likely N-dealkylation sites (tertiary alicyclic amines) is 1. The number of ether oxygens (including phenoxy) is 1. The Morgan fingerprint density at radius 1 is 1.41 bits per heavy atom. The van der Waals surface area contributed by atoms with Crippen molar-refractivity contribution in [2.45, 2.75) is 38.4 Å². The summed E-state index contributed by atoms with van der Waals surface area (Å²) < 4.78 is 72.2. The van der Waals surface area contributed by atoms with Gasteiger partial charge < -0.3 is 15.0 Å². The molecule has 152 valence electrons. The average Bonchev–Trinajstić information content (AvgIpc) is 2.54. The molecule has 1 aromatic rings. The number of rotatable bonds is 5. The first-order chi connectivity index (χ1) is 12.3. The first kappa shape index (κ1) is 21.3. The number of pyridine rings is 1. The van der Waals surface area contributed by atoms with Crippen molar-refractivity contribution < 1.29 is 31.5 Å². The summed E-state index contributed by atoms with van der Waals surface area (Å²) in [6.07, 6.45) is -3.45. The van der Waals surface area contributed by atoms with Gasteiger partial charge in [-0.05, 0) is 39.4 Å². The van der Waals surface area contributed by atoms with E-state index in [0.29, 0.717) is 6.54 Å². The second-order valence-electron chi connectivity index (χ2n) is 7.34. The van der Waals surface area contributed by atoms with E-state index in [2.05, 4.69) is 10.3 Å². The van der Waals surface area contributed by atoms with E-state index in [9.17, 15) is 26.7 Å². The molecule has 0 bridgehead atoms. The van der Waals surface area contributed by atoms with Crippen LogP contribution in [0, 0.1) is 5.41 Å². The van der Waals surface area contributed by atoms with Crippen molar-refractivity contribution in [3.63, 3.8) is 0 Å². The summed E-state index contributed by atoms with van der Waals surface area (Å²) in [7, 11) is 1.56. The third kappa shape index (κ3) is 5.27. The Labute approximate surface area is 153 Å². The van der Waals surface area contributed by atoms with Crippen molar-refractivity contribution in [1.29, 1.82) is 0 Å². The summed E-state index contributed by atoms with van der Waals surface area (Å²) in [6, 6.07) is 0.602. The summed E-state index contributed by atoms with van der Waals surface area (Å²) in [5.74, 6) is -4.47. The van der Waals surface area contributed by atoms with E-state index in [1.165, 1.54) is 18.7 Å². The molecule has 1 fully saturated rings. The zero-order valence-electron chi connectivity index (χ0n) is 15.2. The van der Waals surface area contributed by atoms with Gasteiger partial charge >= 0.3 is 6.18 Å². The molecule has 0 aromatic carbocycles. The van der Waals surface area contributed by atoms with Gasteiger partial charge in [0.15, 0.2) is 0 Å². The Balaban J connectivity index is 2.03. The van der Waals surface area contributed by atoms with Crippen LogP contribution in [0.3, 0.4) is 0 Å². The first-order valence-corrected chi connectivity index (χ1v) is 8.35. The molecule has 5 nitrogen and oxygen atoms in total. The monoisotopic (exact) mass is 395 g/mol. The van der Waals surface area contributed by atoms with Gasteiger partial charge in [-0.25, -0.2) is 13.8 Å². The number of carbonyl (C=O) groups is 1. The van der Waals surface area contributed by atoms with E-state index in [1.54, 1.807) is 7.05 Å². The van der Waals surface area contributed by atoms with E-state index in [0.717, 1.165) is 18.3 Å². The Morgan fingerprint density at radius 2 is 2.07 bits per heavy atom. The third-order valence-electron chi connectivity index (χ3n) is 4.36.